The molecule has 0 radical (unpaired) electrons. The van der Waals surface area contributed by atoms with Crippen LogP contribution in [0.15, 0.2) is 75.1 Å². The summed E-state index contributed by atoms with van der Waals surface area (Å²) in [6.45, 7) is 1.79. The van der Waals surface area contributed by atoms with Gasteiger partial charge in [-0.05, 0) is 55.5 Å². The fourth-order valence-corrected chi connectivity index (χ4v) is 3.60. The molecule has 0 atom stereocenters. The molecule has 0 aliphatic carbocycles. The lowest BCUT2D eigenvalue weighted by molar-refractivity contribution is 0.0955. The van der Waals surface area contributed by atoms with Crippen molar-refractivity contribution in [3.63, 3.8) is 0 Å². The van der Waals surface area contributed by atoms with Crippen LogP contribution >= 0.6 is 11.6 Å². The summed E-state index contributed by atoms with van der Waals surface area (Å²) in [6, 6.07) is 15.4. The Morgan fingerprint density at radius 2 is 1.89 bits per heavy atom. The normalized spacial score (nSPS) is 11.5. The van der Waals surface area contributed by atoms with Crippen molar-refractivity contribution in [3.05, 3.63) is 82.8 Å². The first-order valence-corrected chi connectivity index (χ1v) is 9.98. The van der Waals surface area contributed by atoms with E-state index in [0.717, 1.165) is 5.76 Å². The number of halogens is 1. The van der Waals surface area contributed by atoms with Gasteiger partial charge in [0.2, 0.25) is 0 Å². The van der Waals surface area contributed by atoms with E-state index >= 15 is 0 Å². The average Bonchev–Trinajstić information content (AvgIpc) is 3.06. The van der Waals surface area contributed by atoms with Gasteiger partial charge in [-0.3, -0.25) is 9.52 Å². The molecular weight excluding hydrogens is 402 g/mol. The molecule has 3 rings (SSSR count). The van der Waals surface area contributed by atoms with Gasteiger partial charge in [0.15, 0.2) is 0 Å². The third-order valence-corrected chi connectivity index (χ3v) is 5.22. The summed E-state index contributed by atoms with van der Waals surface area (Å²) in [4.78, 5) is 12.2. The number of rotatable bonds is 6. The molecule has 1 aromatic heterocycles. The van der Waals surface area contributed by atoms with Crippen LogP contribution in [0.5, 0.6) is 0 Å². The molecule has 3 aromatic rings. The molecule has 7 nitrogen and oxygen atoms in total. The Bertz CT molecular complexity index is 1140. The number of carbonyl (C=O) groups excluding carboxylic acids is 1. The number of benzene rings is 2. The highest BCUT2D eigenvalue weighted by Gasteiger charge is 2.16. The van der Waals surface area contributed by atoms with Crippen molar-refractivity contribution < 1.29 is 17.6 Å². The molecule has 0 aliphatic rings. The SMILES string of the molecule is Cc1ccc(/C=N/NC(=O)c2cccc(S(=O)(=O)Nc3cccc(Cl)c3)c2)o1. The Morgan fingerprint density at radius 1 is 1.11 bits per heavy atom. The molecule has 1 amide bonds. The van der Waals surface area contributed by atoms with Crippen molar-refractivity contribution in [2.45, 2.75) is 11.8 Å². The first-order valence-electron chi connectivity index (χ1n) is 8.12. The van der Waals surface area contributed by atoms with Gasteiger partial charge in [-0.2, -0.15) is 5.10 Å². The molecule has 0 spiro atoms. The molecule has 2 N–H and O–H groups in total. The fourth-order valence-electron chi connectivity index (χ4n) is 2.31. The second-order valence-corrected chi connectivity index (χ2v) is 7.91. The molecule has 9 heteroatoms. The molecular formula is C19H16ClN3O4S. The van der Waals surface area contributed by atoms with Crippen LogP contribution in [0.25, 0.3) is 0 Å². The molecule has 2 aromatic carbocycles. The van der Waals surface area contributed by atoms with Crippen LogP contribution in [0.1, 0.15) is 21.9 Å². The summed E-state index contributed by atoms with van der Waals surface area (Å²) >= 11 is 5.87. The molecule has 0 fully saturated rings. The third kappa shape index (κ3) is 4.99. The van der Waals surface area contributed by atoms with Crippen molar-refractivity contribution in [2.75, 3.05) is 4.72 Å². The van der Waals surface area contributed by atoms with Crippen LogP contribution < -0.4 is 10.1 Å². The molecule has 0 bridgehead atoms. The molecule has 0 aliphatic heterocycles. The summed E-state index contributed by atoms with van der Waals surface area (Å²) in [5.74, 6) is 0.650. The molecule has 28 heavy (non-hydrogen) atoms. The van der Waals surface area contributed by atoms with Crippen molar-refractivity contribution >= 4 is 39.4 Å². The van der Waals surface area contributed by atoms with Gasteiger partial charge in [0.05, 0.1) is 16.8 Å². The first-order chi connectivity index (χ1) is 13.3. The standard InChI is InChI=1S/C19H16ClN3O4S/c1-13-8-9-17(27-13)12-21-22-19(24)14-4-2-7-18(10-14)28(25,26)23-16-6-3-5-15(20)11-16/h2-12,23H,1H3,(H,22,24)/b21-12+. The monoisotopic (exact) mass is 417 g/mol. The van der Waals surface area contributed by atoms with Gasteiger partial charge in [0.25, 0.3) is 15.9 Å². The van der Waals surface area contributed by atoms with Crippen LogP contribution in [0, 0.1) is 6.92 Å². The highest BCUT2D eigenvalue weighted by atomic mass is 35.5. The topological polar surface area (TPSA) is 101 Å². The Balaban J connectivity index is 1.73. The number of nitrogens with one attached hydrogen (secondary N) is 2. The van der Waals surface area contributed by atoms with Crippen LogP contribution in [-0.2, 0) is 10.0 Å². The molecule has 0 saturated carbocycles. The maximum Gasteiger partial charge on any atom is 0.271 e. The summed E-state index contributed by atoms with van der Waals surface area (Å²) in [5, 5.41) is 4.20. The van der Waals surface area contributed by atoms with Gasteiger partial charge in [0, 0.05) is 10.6 Å². The zero-order chi connectivity index (χ0) is 20.1. The lowest BCUT2D eigenvalue weighted by Crippen LogP contribution is -2.19. The summed E-state index contributed by atoms with van der Waals surface area (Å²) in [5.41, 5.74) is 2.79. The highest BCUT2D eigenvalue weighted by molar-refractivity contribution is 7.92. The average molecular weight is 418 g/mol. The van der Waals surface area contributed by atoms with Crippen LogP contribution in [0.2, 0.25) is 5.02 Å². The van der Waals surface area contributed by atoms with E-state index in [1.807, 2.05) is 0 Å². The molecule has 0 unspecified atom stereocenters. The van der Waals surface area contributed by atoms with Gasteiger partial charge in [-0.1, -0.05) is 23.7 Å². The number of hydrazone groups is 1. The number of amides is 1. The molecule has 1 heterocycles. The molecule has 0 saturated heterocycles. The van der Waals surface area contributed by atoms with E-state index in [-0.39, 0.29) is 10.5 Å². The second kappa shape index (κ2) is 8.28. The summed E-state index contributed by atoms with van der Waals surface area (Å²) in [6.07, 6.45) is 1.35. The number of carbonyl (C=O) groups is 1. The molecule has 144 valence electrons. The lowest BCUT2D eigenvalue weighted by Gasteiger charge is -2.09. The van der Waals surface area contributed by atoms with Gasteiger partial charge < -0.3 is 4.42 Å². The van der Waals surface area contributed by atoms with Crippen molar-refractivity contribution in [1.82, 2.24) is 5.43 Å². The minimum atomic E-state index is -3.89. The Hall–Kier alpha value is -3.10. The Kier molecular flexibility index (Phi) is 5.81. The summed E-state index contributed by atoms with van der Waals surface area (Å²) in [7, 11) is -3.89. The number of anilines is 1. The van der Waals surface area contributed by atoms with E-state index in [1.165, 1.54) is 36.5 Å². The van der Waals surface area contributed by atoms with Crippen LogP contribution in [-0.4, -0.2) is 20.5 Å². The van der Waals surface area contributed by atoms with Gasteiger partial charge in [-0.15, -0.1) is 0 Å². The largest absolute Gasteiger partial charge is 0.460 e. The maximum atomic E-state index is 12.6. The van der Waals surface area contributed by atoms with Crippen molar-refractivity contribution in [1.29, 1.82) is 0 Å². The van der Waals surface area contributed by atoms with E-state index in [9.17, 15) is 13.2 Å². The zero-order valence-corrected chi connectivity index (χ0v) is 16.3. The van der Waals surface area contributed by atoms with E-state index in [4.69, 9.17) is 16.0 Å². The van der Waals surface area contributed by atoms with E-state index in [0.29, 0.717) is 16.5 Å². The minimum Gasteiger partial charge on any atom is -0.460 e. The Labute approximate surface area is 167 Å². The van der Waals surface area contributed by atoms with E-state index in [2.05, 4.69) is 15.2 Å². The smallest absolute Gasteiger partial charge is 0.271 e. The minimum absolute atomic E-state index is 0.0641. The zero-order valence-electron chi connectivity index (χ0n) is 14.7. The van der Waals surface area contributed by atoms with E-state index < -0.39 is 15.9 Å². The van der Waals surface area contributed by atoms with Crippen LogP contribution in [0.4, 0.5) is 5.69 Å². The number of aryl methyl sites for hydroxylation is 1. The Morgan fingerprint density at radius 3 is 2.61 bits per heavy atom. The number of hydrogen-bond donors (Lipinski definition) is 2. The van der Waals surface area contributed by atoms with E-state index in [1.54, 1.807) is 37.3 Å². The number of hydrogen-bond acceptors (Lipinski definition) is 5. The quantitative estimate of drug-likeness (QED) is 0.470. The highest BCUT2D eigenvalue weighted by Crippen LogP contribution is 2.20. The predicted octanol–water partition coefficient (Wildman–Crippen LogP) is 3.81. The number of sulfonamides is 1. The second-order valence-electron chi connectivity index (χ2n) is 5.79. The predicted molar refractivity (Wildman–Crippen MR) is 107 cm³/mol. The third-order valence-electron chi connectivity index (χ3n) is 3.60. The first kappa shape index (κ1) is 19.7. The maximum absolute atomic E-state index is 12.6. The van der Waals surface area contributed by atoms with Gasteiger partial charge >= 0.3 is 0 Å². The van der Waals surface area contributed by atoms with Crippen LogP contribution in [0.3, 0.4) is 0 Å². The number of nitrogens with zero attached hydrogens (tertiary/aromatic N) is 1. The van der Waals surface area contributed by atoms with Gasteiger partial charge in [0.1, 0.15) is 11.5 Å². The van der Waals surface area contributed by atoms with Crippen molar-refractivity contribution in [2.24, 2.45) is 5.10 Å². The fraction of sp³-hybridized carbons (Fsp3) is 0.0526. The lowest BCUT2D eigenvalue weighted by atomic mass is 10.2. The van der Waals surface area contributed by atoms with Crippen molar-refractivity contribution in [3.8, 4) is 0 Å². The summed E-state index contributed by atoms with van der Waals surface area (Å²) < 4.78 is 32.8. The number of furan rings is 1. The van der Waals surface area contributed by atoms with Gasteiger partial charge in [-0.25, -0.2) is 13.8 Å².